The van der Waals surface area contributed by atoms with Crippen molar-refractivity contribution in [1.82, 2.24) is 4.57 Å². The van der Waals surface area contributed by atoms with Crippen LogP contribution in [0.5, 0.6) is 5.75 Å². The van der Waals surface area contributed by atoms with Gasteiger partial charge in [-0.05, 0) is 36.5 Å². The number of aryl methyl sites for hydroxylation is 1. The first-order chi connectivity index (χ1) is 14.7. The largest absolute Gasteiger partial charge is 0.490 e. The topological polar surface area (TPSA) is 58.9 Å². The highest BCUT2D eigenvalue weighted by molar-refractivity contribution is 5.75. The highest BCUT2D eigenvalue weighted by Gasteiger charge is 2.23. The highest BCUT2D eigenvalue weighted by Crippen LogP contribution is 2.36. The molecule has 1 aromatic carbocycles. The van der Waals surface area contributed by atoms with Crippen molar-refractivity contribution in [2.75, 3.05) is 39.6 Å². The fraction of sp³-hybridized carbons (Fsp3) is 0.458. The number of aromatic nitrogens is 1. The summed E-state index contributed by atoms with van der Waals surface area (Å²) in [6.45, 7) is 6.28. The molecule has 3 aliphatic rings. The maximum Gasteiger partial charge on any atom is 0.254 e. The van der Waals surface area contributed by atoms with Crippen LogP contribution in [0.25, 0.3) is 16.8 Å². The SMILES string of the molecule is Cc1c(OC[C@@H]2COCCO2)cc(=O)n2c1-c1ccc(C3=CCOCC3)cc1CC2. The van der Waals surface area contributed by atoms with Crippen molar-refractivity contribution in [1.29, 1.82) is 0 Å². The molecule has 0 radical (unpaired) electrons. The van der Waals surface area contributed by atoms with E-state index < -0.39 is 0 Å². The van der Waals surface area contributed by atoms with Gasteiger partial charge in [0.2, 0.25) is 0 Å². The summed E-state index contributed by atoms with van der Waals surface area (Å²) in [6.07, 6.45) is 3.87. The van der Waals surface area contributed by atoms with Crippen molar-refractivity contribution in [2.45, 2.75) is 32.4 Å². The molecule has 0 bridgehead atoms. The Bertz CT molecular complexity index is 1030. The summed E-state index contributed by atoms with van der Waals surface area (Å²) >= 11 is 0. The van der Waals surface area contributed by atoms with Crippen LogP contribution in [0.15, 0.2) is 35.1 Å². The molecule has 1 saturated heterocycles. The van der Waals surface area contributed by atoms with Gasteiger partial charge in [-0.25, -0.2) is 0 Å². The van der Waals surface area contributed by atoms with Crippen molar-refractivity contribution in [2.24, 2.45) is 0 Å². The second-order valence-corrected chi connectivity index (χ2v) is 8.03. The molecule has 5 rings (SSSR count). The van der Waals surface area contributed by atoms with Crippen molar-refractivity contribution >= 4 is 5.57 Å². The normalized spacial score (nSPS) is 20.8. The number of fused-ring (bicyclic) bond motifs is 3. The third-order valence-corrected chi connectivity index (χ3v) is 6.12. The average molecular weight is 409 g/mol. The number of pyridine rings is 1. The lowest BCUT2D eigenvalue weighted by molar-refractivity contribution is -0.101. The van der Waals surface area contributed by atoms with Gasteiger partial charge in [0.1, 0.15) is 18.5 Å². The Morgan fingerprint density at radius 1 is 1.13 bits per heavy atom. The smallest absolute Gasteiger partial charge is 0.254 e. The maximum atomic E-state index is 12.8. The molecular weight excluding hydrogens is 382 g/mol. The maximum absolute atomic E-state index is 12.8. The van der Waals surface area contributed by atoms with Gasteiger partial charge in [0.05, 0.1) is 38.7 Å². The van der Waals surface area contributed by atoms with Gasteiger partial charge in [0.15, 0.2) is 0 Å². The predicted octanol–water partition coefficient (Wildman–Crippen LogP) is 2.98. The van der Waals surface area contributed by atoms with Gasteiger partial charge in [0, 0.05) is 23.7 Å². The molecule has 0 unspecified atom stereocenters. The molecule has 0 aliphatic carbocycles. The van der Waals surface area contributed by atoms with Crippen molar-refractivity contribution < 1.29 is 18.9 Å². The Kier molecular flexibility index (Phi) is 5.46. The monoisotopic (exact) mass is 409 g/mol. The number of hydrogen-bond acceptors (Lipinski definition) is 5. The van der Waals surface area contributed by atoms with Crippen molar-refractivity contribution in [3.63, 3.8) is 0 Å². The minimum absolute atomic E-state index is 0.0201. The standard InChI is InChI=1S/C24H27NO5/c1-16-22(30-15-20-14-28-10-11-29-20)13-23(26)25-7-4-19-12-18(2-3-21(19)24(16)25)17-5-8-27-9-6-17/h2-3,5,12-13,20H,4,6-11,14-15H2,1H3/t20-/m0/s1. The Morgan fingerprint density at radius 2 is 2.07 bits per heavy atom. The summed E-state index contributed by atoms with van der Waals surface area (Å²) in [6, 6.07) is 8.20. The van der Waals surface area contributed by atoms with Crippen LogP contribution in [-0.2, 0) is 27.2 Å². The highest BCUT2D eigenvalue weighted by atomic mass is 16.6. The van der Waals surface area contributed by atoms with Gasteiger partial charge in [-0.1, -0.05) is 24.3 Å². The van der Waals surface area contributed by atoms with Crippen LogP contribution in [-0.4, -0.2) is 50.3 Å². The lowest BCUT2D eigenvalue weighted by atomic mass is 9.90. The van der Waals surface area contributed by atoms with Gasteiger partial charge in [-0.15, -0.1) is 0 Å². The second-order valence-electron chi connectivity index (χ2n) is 8.03. The Balaban J connectivity index is 1.47. The number of hydrogen-bond donors (Lipinski definition) is 0. The van der Waals surface area contributed by atoms with Crippen LogP contribution in [0.2, 0.25) is 0 Å². The zero-order chi connectivity index (χ0) is 20.5. The minimum atomic E-state index is -0.0977. The molecule has 0 saturated carbocycles. The average Bonchev–Trinajstić information content (AvgIpc) is 2.80. The van der Waals surface area contributed by atoms with Gasteiger partial charge in [-0.2, -0.15) is 0 Å². The van der Waals surface area contributed by atoms with E-state index in [-0.39, 0.29) is 11.7 Å². The summed E-state index contributed by atoms with van der Waals surface area (Å²) in [5.41, 5.74) is 6.94. The van der Waals surface area contributed by atoms with Gasteiger partial charge < -0.3 is 23.5 Å². The predicted molar refractivity (Wildman–Crippen MR) is 114 cm³/mol. The number of ether oxygens (including phenoxy) is 4. The first-order valence-corrected chi connectivity index (χ1v) is 10.7. The summed E-state index contributed by atoms with van der Waals surface area (Å²) in [5.74, 6) is 0.629. The van der Waals surface area contributed by atoms with Gasteiger partial charge in [-0.3, -0.25) is 4.79 Å². The zero-order valence-corrected chi connectivity index (χ0v) is 17.3. The fourth-order valence-electron chi connectivity index (χ4n) is 4.52. The van der Waals surface area contributed by atoms with E-state index in [0.29, 0.717) is 45.3 Å². The lowest BCUT2D eigenvalue weighted by Gasteiger charge is -2.27. The first kappa shape index (κ1) is 19.5. The summed E-state index contributed by atoms with van der Waals surface area (Å²) in [5, 5.41) is 0. The Hall–Kier alpha value is -2.41. The molecule has 1 fully saturated rings. The molecule has 0 N–H and O–H groups in total. The van der Waals surface area contributed by atoms with Gasteiger partial charge in [0.25, 0.3) is 5.56 Å². The zero-order valence-electron chi connectivity index (χ0n) is 17.3. The Labute approximate surface area is 176 Å². The van der Waals surface area contributed by atoms with Crippen LogP contribution in [0.3, 0.4) is 0 Å². The van der Waals surface area contributed by atoms with E-state index in [0.717, 1.165) is 36.3 Å². The lowest BCUT2D eigenvalue weighted by Crippen LogP contribution is -2.34. The van der Waals surface area contributed by atoms with E-state index >= 15 is 0 Å². The van der Waals surface area contributed by atoms with Crippen LogP contribution >= 0.6 is 0 Å². The molecule has 158 valence electrons. The second kappa shape index (κ2) is 8.38. The third kappa shape index (κ3) is 3.71. The van der Waals surface area contributed by atoms with Crippen LogP contribution < -0.4 is 10.3 Å². The Morgan fingerprint density at radius 3 is 2.87 bits per heavy atom. The first-order valence-electron chi connectivity index (χ1n) is 10.7. The van der Waals surface area contributed by atoms with E-state index in [4.69, 9.17) is 18.9 Å². The summed E-state index contributed by atoms with van der Waals surface area (Å²) < 4.78 is 24.4. The molecule has 1 aromatic heterocycles. The molecule has 3 aliphatic heterocycles. The number of benzene rings is 1. The summed E-state index contributed by atoms with van der Waals surface area (Å²) in [4.78, 5) is 12.8. The quantitative estimate of drug-likeness (QED) is 0.777. The number of rotatable bonds is 4. The van der Waals surface area contributed by atoms with Crippen LogP contribution in [0, 0.1) is 6.92 Å². The fourth-order valence-corrected chi connectivity index (χ4v) is 4.52. The van der Waals surface area contributed by atoms with E-state index in [1.165, 1.54) is 16.7 Å². The van der Waals surface area contributed by atoms with E-state index in [9.17, 15) is 4.79 Å². The molecule has 0 spiro atoms. The van der Waals surface area contributed by atoms with Gasteiger partial charge >= 0.3 is 0 Å². The molecule has 1 atom stereocenters. The van der Waals surface area contributed by atoms with E-state index in [1.807, 2.05) is 11.5 Å². The number of nitrogens with zero attached hydrogens (tertiary/aromatic N) is 1. The van der Waals surface area contributed by atoms with Crippen LogP contribution in [0.4, 0.5) is 0 Å². The summed E-state index contributed by atoms with van der Waals surface area (Å²) in [7, 11) is 0. The third-order valence-electron chi connectivity index (χ3n) is 6.12. The molecule has 6 heteroatoms. The van der Waals surface area contributed by atoms with Crippen molar-refractivity contribution in [3.05, 3.63) is 57.4 Å². The molecule has 2 aromatic rings. The molecule has 6 nitrogen and oxygen atoms in total. The molecule has 30 heavy (non-hydrogen) atoms. The van der Waals surface area contributed by atoms with Crippen LogP contribution in [0.1, 0.15) is 23.1 Å². The van der Waals surface area contributed by atoms with E-state index in [2.05, 4.69) is 24.3 Å². The molecular formula is C24H27NO5. The minimum Gasteiger partial charge on any atom is -0.490 e. The molecule has 0 amide bonds. The van der Waals surface area contributed by atoms with Crippen molar-refractivity contribution in [3.8, 4) is 17.0 Å². The van der Waals surface area contributed by atoms with E-state index in [1.54, 1.807) is 6.07 Å². The molecule has 4 heterocycles.